The van der Waals surface area contributed by atoms with Crippen molar-refractivity contribution >= 4 is 99.4 Å². The molecule has 0 atom stereocenters. The van der Waals surface area contributed by atoms with Gasteiger partial charge in [-0.1, -0.05) is 255 Å². The summed E-state index contributed by atoms with van der Waals surface area (Å²) in [6.07, 6.45) is 6.36. The first-order valence-electron chi connectivity index (χ1n) is 33.1. The summed E-state index contributed by atoms with van der Waals surface area (Å²) in [5.74, 6) is 0. The van der Waals surface area contributed by atoms with Crippen molar-refractivity contribution in [2.75, 3.05) is 9.80 Å². The number of anilines is 5. The minimum atomic E-state index is 0.842. The number of fused-ring (bicyclic) bond motifs is 8. The summed E-state index contributed by atoms with van der Waals surface area (Å²) in [6, 6.07) is 122. The van der Waals surface area contributed by atoms with E-state index in [2.05, 4.69) is 375 Å². The summed E-state index contributed by atoms with van der Waals surface area (Å²) in [7, 11) is 0. The largest absolute Gasteiger partial charge is 0.456 e. The number of hydrogen-bond donors (Lipinski definition) is 0. The molecule has 15 aromatic carbocycles. The fourth-order valence-corrected chi connectivity index (χ4v) is 14.3. The lowest BCUT2D eigenvalue weighted by molar-refractivity contribution is 0.668. The van der Waals surface area contributed by atoms with Crippen molar-refractivity contribution in [3.8, 4) is 66.8 Å². The van der Waals surface area contributed by atoms with E-state index in [1.807, 2.05) is 6.08 Å². The third-order valence-electron chi connectivity index (χ3n) is 19.0. The lowest BCUT2D eigenvalue weighted by atomic mass is 9.90. The molecule has 0 unspecified atom stereocenters. The molecule has 0 spiro atoms. The molecule has 0 bridgehead atoms. The summed E-state index contributed by atoms with van der Waals surface area (Å²) in [6.45, 7) is 6.47. The van der Waals surface area contributed by atoms with Crippen molar-refractivity contribution in [2.45, 2.75) is 6.92 Å². The van der Waals surface area contributed by atoms with E-state index in [0.717, 1.165) is 150 Å². The fraction of sp³-hybridized carbons (Fsp3) is 0.0108. The van der Waals surface area contributed by atoms with E-state index in [1.165, 1.54) is 27.3 Å². The van der Waals surface area contributed by atoms with Gasteiger partial charge in [-0.2, -0.15) is 0 Å². The first-order chi connectivity index (χ1) is 47.9. The van der Waals surface area contributed by atoms with Crippen molar-refractivity contribution in [1.82, 2.24) is 0 Å². The van der Waals surface area contributed by atoms with Gasteiger partial charge in [0, 0.05) is 55.7 Å². The number of benzene rings is 15. The summed E-state index contributed by atoms with van der Waals surface area (Å²) in [4.78, 5) is 4.69. The van der Waals surface area contributed by atoms with E-state index in [9.17, 15) is 0 Å². The quantitative estimate of drug-likeness (QED) is 0.0958. The average Bonchev–Trinajstić information content (AvgIpc) is 1.67. The molecule has 2 heterocycles. The van der Waals surface area contributed by atoms with Gasteiger partial charge in [-0.15, -0.1) is 0 Å². The lowest BCUT2D eigenvalue weighted by Crippen LogP contribution is -2.14. The van der Waals surface area contributed by atoms with E-state index in [0.29, 0.717) is 0 Å². The third kappa shape index (κ3) is 10.9. The van der Waals surface area contributed by atoms with Crippen LogP contribution in [0.25, 0.3) is 138 Å². The molecular formula is C93H64N2O2. The maximum Gasteiger partial charge on any atom is 0.136 e. The van der Waals surface area contributed by atoms with Crippen LogP contribution < -0.4 is 9.80 Å². The molecule has 0 saturated heterocycles. The fourth-order valence-electron chi connectivity index (χ4n) is 14.3. The van der Waals surface area contributed by atoms with Gasteiger partial charge in [0.05, 0.1) is 0 Å². The Morgan fingerprint density at radius 2 is 0.742 bits per heavy atom. The molecule has 0 fully saturated rings. The van der Waals surface area contributed by atoms with Crippen molar-refractivity contribution in [1.29, 1.82) is 0 Å². The van der Waals surface area contributed by atoms with Crippen molar-refractivity contribution in [3.63, 3.8) is 0 Å². The Balaban J connectivity index is 0.718. The van der Waals surface area contributed by atoms with Crippen LogP contribution in [0.2, 0.25) is 0 Å². The Morgan fingerprint density at radius 3 is 1.42 bits per heavy atom. The smallest absolute Gasteiger partial charge is 0.136 e. The Hall–Kier alpha value is -12.8. The van der Waals surface area contributed by atoms with Gasteiger partial charge < -0.3 is 18.6 Å². The maximum atomic E-state index is 6.82. The molecule has 0 aliphatic carbocycles. The molecule has 4 heteroatoms. The van der Waals surface area contributed by atoms with Crippen LogP contribution in [0.4, 0.5) is 28.4 Å². The minimum absolute atomic E-state index is 0.842. The third-order valence-corrected chi connectivity index (χ3v) is 19.0. The topological polar surface area (TPSA) is 32.8 Å². The number of furan rings is 2. The minimum Gasteiger partial charge on any atom is -0.456 e. The molecule has 0 radical (unpaired) electrons. The van der Waals surface area contributed by atoms with Crippen LogP contribution in [0.3, 0.4) is 0 Å². The highest BCUT2D eigenvalue weighted by molar-refractivity contribution is 6.15. The van der Waals surface area contributed by atoms with Crippen LogP contribution in [0.15, 0.2) is 379 Å². The van der Waals surface area contributed by atoms with Crippen LogP contribution in [0.5, 0.6) is 0 Å². The van der Waals surface area contributed by atoms with E-state index >= 15 is 0 Å². The standard InChI is InChI=1S/C93H64N2O2/c1-3-63(79-36-19-27-66-26-13-14-34-80(66)79)43-42-62(2)94(77-32-17-28-69(56-77)64-22-7-4-8-23-64)75-50-46-68(47-51-75)86-60-73(61-92-93(86)85-35-15-16-41-89(85)97-92)82-38-21-39-83-81(37-20-40-84(82)83)67-44-52-76(53-45-67)95(74-30-11-6-12-31-74)78-33-18-29-70(57-78)72-49-55-91-88(59-72)87-58-71(48-54-90(87)96-91)65-24-9-5-10-25-65/h3-61H,1H2,2H3/b62-42+,63-43+. The van der Waals surface area contributed by atoms with E-state index in [1.54, 1.807) is 0 Å². The number of hydrogen-bond acceptors (Lipinski definition) is 4. The molecule has 17 rings (SSSR count). The summed E-state index contributed by atoms with van der Waals surface area (Å²) in [5, 5.41) is 9.09. The number of para-hydroxylation sites is 2. The van der Waals surface area contributed by atoms with Crippen LogP contribution >= 0.6 is 0 Å². The lowest BCUT2D eigenvalue weighted by Gasteiger charge is -2.27. The molecule has 17 aromatic rings. The normalized spacial score (nSPS) is 11.9. The highest BCUT2D eigenvalue weighted by Gasteiger charge is 2.21. The van der Waals surface area contributed by atoms with Crippen molar-refractivity contribution < 1.29 is 8.83 Å². The molecule has 0 amide bonds. The summed E-state index contributed by atoms with van der Waals surface area (Å²) in [5.41, 5.74) is 25.6. The van der Waals surface area contributed by atoms with Crippen molar-refractivity contribution in [2.24, 2.45) is 0 Å². The zero-order chi connectivity index (χ0) is 64.8. The zero-order valence-corrected chi connectivity index (χ0v) is 53.5. The summed E-state index contributed by atoms with van der Waals surface area (Å²) >= 11 is 0. The number of nitrogens with zero attached hydrogens (tertiary/aromatic N) is 2. The first kappa shape index (κ1) is 58.1. The molecule has 0 saturated carbocycles. The second-order valence-corrected chi connectivity index (χ2v) is 24.8. The zero-order valence-electron chi connectivity index (χ0n) is 53.5. The molecule has 0 aliphatic heterocycles. The number of rotatable bonds is 15. The molecule has 97 heavy (non-hydrogen) atoms. The molecule has 2 aromatic heterocycles. The number of allylic oxidation sites excluding steroid dienone is 5. The Bertz CT molecular complexity index is 5890. The second kappa shape index (κ2) is 24.9. The molecular weight excluding hydrogens is 1180 g/mol. The Kier molecular flexibility index (Phi) is 14.9. The first-order valence-corrected chi connectivity index (χ1v) is 33.1. The van der Waals surface area contributed by atoms with E-state index in [4.69, 9.17) is 8.83 Å². The van der Waals surface area contributed by atoms with Crippen molar-refractivity contribution in [3.05, 3.63) is 376 Å². The molecule has 4 nitrogen and oxygen atoms in total. The van der Waals surface area contributed by atoms with E-state index in [-0.39, 0.29) is 0 Å². The van der Waals surface area contributed by atoms with Gasteiger partial charge in [-0.25, -0.2) is 0 Å². The highest BCUT2D eigenvalue weighted by Crippen LogP contribution is 2.46. The van der Waals surface area contributed by atoms with Gasteiger partial charge in [0.2, 0.25) is 0 Å². The predicted molar refractivity (Wildman–Crippen MR) is 410 cm³/mol. The Labute approximate surface area is 564 Å². The molecule has 0 N–H and O–H groups in total. The van der Waals surface area contributed by atoms with Crippen LogP contribution in [0.1, 0.15) is 12.5 Å². The van der Waals surface area contributed by atoms with Crippen LogP contribution in [0, 0.1) is 0 Å². The maximum absolute atomic E-state index is 6.82. The second-order valence-electron chi connectivity index (χ2n) is 24.8. The van der Waals surface area contributed by atoms with Gasteiger partial charge in [-0.05, 0) is 216 Å². The van der Waals surface area contributed by atoms with Crippen LogP contribution in [-0.4, -0.2) is 0 Å². The predicted octanol–water partition coefficient (Wildman–Crippen LogP) is 26.6. The molecule has 458 valence electrons. The van der Waals surface area contributed by atoms with Gasteiger partial charge >= 0.3 is 0 Å². The monoisotopic (exact) mass is 1240 g/mol. The summed E-state index contributed by atoms with van der Waals surface area (Å²) < 4.78 is 13.2. The van der Waals surface area contributed by atoms with E-state index < -0.39 is 0 Å². The van der Waals surface area contributed by atoms with Gasteiger partial charge in [-0.3, -0.25) is 0 Å². The molecule has 0 aliphatic rings. The average molecular weight is 1240 g/mol. The van der Waals surface area contributed by atoms with Gasteiger partial charge in [0.25, 0.3) is 0 Å². The SMILES string of the molecule is C=C/C(=C\C=C(/C)N(c1ccc(-c2cc(-c3cccc4c(-c5ccc(N(c6ccccc6)c6cccc(-c7ccc8oc9ccc(-c%10ccccc%10)cc9c8c7)c6)cc5)cccc34)cc3oc4ccccc4c23)cc1)c1cccc(-c2ccccc2)c1)c1cccc2ccccc12. The van der Waals surface area contributed by atoms with Crippen LogP contribution in [-0.2, 0) is 0 Å². The highest BCUT2D eigenvalue weighted by atomic mass is 16.3. The Morgan fingerprint density at radius 1 is 0.289 bits per heavy atom. The van der Waals surface area contributed by atoms with Gasteiger partial charge in [0.1, 0.15) is 22.3 Å². The van der Waals surface area contributed by atoms with Gasteiger partial charge in [0.15, 0.2) is 0 Å².